The summed E-state index contributed by atoms with van der Waals surface area (Å²) in [5.41, 5.74) is 1.41. The molecule has 0 aromatic heterocycles. The maximum atomic E-state index is 12.3. The summed E-state index contributed by atoms with van der Waals surface area (Å²) in [4.78, 5) is 12.3. The number of hydrogen-bond acceptors (Lipinski definition) is 2. The summed E-state index contributed by atoms with van der Waals surface area (Å²) >= 11 is 0. The molecule has 0 fully saturated rings. The standard InChI is InChI=1S/C20H24O2/c1-2-3-4-5-9-16-22-19-14-12-18(13-15-19)20(21)17-10-7-6-8-11-17/h6-8,10-15H,2-5,9,16H2,1H3. The van der Waals surface area contributed by atoms with E-state index in [4.69, 9.17) is 4.74 Å². The molecule has 0 amide bonds. The Morgan fingerprint density at radius 1 is 0.818 bits per heavy atom. The molecule has 0 heterocycles. The van der Waals surface area contributed by atoms with E-state index in [9.17, 15) is 4.79 Å². The second-order valence-electron chi connectivity index (χ2n) is 5.48. The number of ketones is 1. The lowest BCUT2D eigenvalue weighted by Crippen LogP contribution is -2.01. The van der Waals surface area contributed by atoms with Crippen LogP contribution in [0.2, 0.25) is 0 Å². The van der Waals surface area contributed by atoms with Crippen LogP contribution in [0, 0.1) is 0 Å². The van der Waals surface area contributed by atoms with Crippen LogP contribution in [-0.2, 0) is 0 Å². The number of carbonyl (C=O) groups excluding carboxylic acids is 1. The van der Waals surface area contributed by atoms with E-state index in [0.717, 1.165) is 18.8 Å². The van der Waals surface area contributed by atoms with Crippen LogP contribution in [0.5, 0.6) is 5.75 Å². The third kappa shape index (κ3) is 5.03. The first-order valence-corrected chi connectivity index (χ1v) is 8.14. The van der Waals surface area contributed by atoms with Crippen LogP contribution >= 0.6 is 0 Å². The van der Waals surface area contributed by atoms with Gasteiger partial charge < -0.3 is 4.74 Å². The van der Waals surface area contributed by atoms with E-state index < -0.39 is 0 Å². The smallest absolute Gasteiger partial charge is 0.193 e. The van der Waals surface area contributed by atoms with E-state index in [-0.39, 0.29) is 5.78 Å². The Labute approximate surface area is 133 Å². The van der Waals surface area contributed by atoms with Crippen LogP contribution in [0.15, 0.2) is 54.6 Å². The molecule has 116 valence electrons. The van der Waals surface area contributed by atoms with Crippen molar-refractivity contribution in [1.82, 2.24) is 0 Å². The predicted molar refractivity (Wildman–Crippen MR) is 90.6 cm³/mol. The highest BCUT2D eigenvalue weighted by molar-refractivity contribution is 6.08. The molecular weight excluding hydrogens is 272 g/mol. The molecule has 0 aliphatic carbocycles. The van der Waals surface area contributed by atoms with Crippen molar-refractivity contribution in [3.63, 3.8) is 0 Å². The molecule has 2 heteroatoms. The molecule has 0 saturated carbocycles. The molecule has 0 bridgehead atoms. The molecule has 0 atom stereocenters. The number of hydrogen-bond donors (Lipinski definition) is 0. The first kappa shape index (κ1) is 16.3. The number of rotatable bonds is 9. The van der Waals surface area contributed by atoms with Gasteiger partial charge in [0.2, 0.25) is 0 Å². The van der Waals surface area contributed by atoms with Gasteiger partial charge in [-0.15, -0.1) is 0 Å². The quantitative estimate of drug-likeness (QED) is 0.465. The Hall–Kier alpha value is -2.09. The summed E-state index contributed by atoms with van der Waals surface area (Å²) in [5, 5.41) is 0. The highest BCUT2D eigenvalue weighted by Crippen LogP contribution is 2.16. The van der Waals surface area contributed by atoms with E-state index in [1.54, 1.807) is 0 Å². The molecule has 2 rings (SSSR count). The lowest BCUT2D eigenvalue weighted by molar-refractivity contribution is 0.103. The van der Waals surface area contributed by atoms with Crippen LogP contribution in [-0.4, -0.2) is 12.4 Å². The van der Waals surface area contributed by atoms with Crippen molar-refractivity contribution in [1.29, 1.82) is 0 Å². The molecule has 0 aliphatic rings. The minimum absolute atomic E-state index is 0.0479. The Morgan fingerprint density at radius 3 is 2.14 bits per heavy atom. The highest BCUT2D eigenvalue weighted by atomic mass is 16.5. The van der Waals surface area contributed by atoms with Crippen LogP contribution in [0.25, 0.3) is 0 Å². The lowest BCUT2D eigenvalue weighted by Gasteiger charge is -2.07. The van der Waals surface area contributed by atoms with Crippen LogP contribution in [0.3, 0.4) is 0 Å². The molecule has 2 nitrogen and oxygen atoms in total. The number of unbranched alkanes of at least 4 members (excludes halogenated alkanes) is 4. The molecule has 0 radical (unpaired) electrons. The van der Waals surface area contributed by atoms with Crippen molar-refractivity contribution < 1.29 is 9.53 Å². The third-order valence-electron chi connectivity index (χ3n) is 3.67. The first-order valence-electron chi connectivity index (χ1n) is 8.14. The number of carbonyl (C=O) groups is 1. The topological polar surface area (TPSA) is 26.3 Å². The third-order valence-corrected chi connectivity index (χ3v) is 3.67. The first-order chi connectivity index (χ1) is 10.8. The zero-order valence-electron chi connectivity index (χ0n) is 13.3. The van der Waals surface area contributed by atoms with Crippen molar-refractivity contribution in [3.05, 3.63) is 65.7 Å². The zero-order valence-corrected chi connectivity index (χ0v) is 13.3. The van der Waals surface area contributed by atoms with Crippen LogP contribution in [0.1, 0.15) is 54.9 Å². The van der Waals surface area contributed by atoms with Gasteiger partial charge in [-0.3, -0.25) is 4.79 Å². The van der Waals surface area contributed by atoms with Gasteiger partial charge in [0.15, 0.2) is 5.78 Å². The van der Waals surface area contributed by atoms with Crippen molar-refractivity contribution in [2.24, 2.45) is 0 Å². The predicted octanol–water partition coefficient (Wildman–Crippen LogP) is 5.27. The average Bonchev–Trinajstić information content (AvgIpc) is 2.59. The number of benzene rings is 2. The van der Waals surface area contributed by atoms with E-state index in [1.165, 1.54) is 25.7 Å². The minimum Gasteiger partial charge on any atom is -0.494 e. The van der Waals surface area contributed by atoms with Crippen molar-refractivity contribution >= 4 is 5.78 Å². The van der Waals surface area contributed by atoms with E-state index in [2.05, 4.69) is 6.92 Å². The van der Waals surface area contributed by atoms with Gasteiger partial charge >= 0.3 is 0 Å². The SMILES string of the molecule is CCCCCCCOc1ccc(C(=O)c2ccccc2)cc1. The highest BCUT2D eigenvalue weighted by Gasteiger charge is 2.08. The van der Waals surface area contributed by atoms with Gasteiger partial charge in [0.25, 0.3) is 0 Å². The molecule has 2 aromatic carbocycles. The summed E-state index contributed by atoms with van der Waals surface area (Å²) in [5.74, 6) is 0.881. The fourth-order valence-electron chi connectivity index (χ4n) is 2.35. The van der Waals surface area contributed by atoms with Crippen molar-refractivity contribution in [3.8, 4) is 5.75 Å². The Balaban J connectivity index is 1.82. The van der Waals surface area contributed by atoms with Crippen molar-refractivity contribution in [2.75, 3.05) is 6.61 Å². The van der Waals surface area contributed by atoms with Gasteiger partial charge in [-0.05, 0) is 30.7 Å². The van der Waals surface area contributed by atoms with Gasteiger partial charge in [0, 0.05) is 11.1 Å². The average molecular weight is 296 g/mol. The normalized spacial score (nSPS) is 10.4. The van der Waals surface area contributed by atoms with Crippen LogP contribution < -0.4 is 4.74 Å². The summed E-state index contributed by atoms with van der Waals surface area (Å²) in [6.45, 7) is 2.96. The van der Waals surface area contributed by atoms with Gasteiger partial charge in [-0.1, -0.05) is 62.9 Å². The van der Waals surface area contributed by atoms with Gasteiger partial charge in [-0.2, -0.15) is 0 Å². The summed E-state index contributed by atoms with van der Waals surface area (Å²) in [6, 6.07) is 16.8. The monoisotopic (exact) mass is 296 g/mol. The molecule has 2 aromatic rings. The van der Waals surface area contributed by atoms with E-state index in [1.807, 2.05) is 54.6 Å². The van der Waals surface area contributed by atoms with Crippen molar-refractivity contribution in [2.45, 2.75) is 39.0 Å². The summed E-state index contributed by atoms with van der Waals surface area (Å²) in [6.07, 6.45) is 6.15. The van der Waals surface area contributed by atoms with Gasteiger partial charge in [0.1, 0.15) is 5.75 Å². The number of ether oxygens (including phenoxy) is 1. The Morgan fingerprint density at radius 2 is 1.45 bits per heavy atom. The second-order valence-corrected chi connectivity index (χ2v) is 5.48. The molecule has 0 N–H and O–H groups in total. The Bertz CT molecular complexity index is 558. The largest absolute Gasteiger partial charge is 0.494 e. The second kappa shape index (κ2) is 9.04. The maximum absolute atomic E-state index is 12.3. The van der Waals surface area contributed by atoms with Gasteiger partial charge in [-0.25, -0.2) is 0 Å². The molecule has 0 spiro atoms. The zero-order chi connectivity index (χ0) is 15.6. The molecular formula is C20H24O2. The van der Waals surface area contributed by atoms with Gasteiger partial charge in [0.05, 0.1) is 6.61 Å². The van der Waals surface area contributed by atoms with Crippen LogP contribution in [0.4, 0.5) is 0 Å². The molecule has 22 heavy (non-hydrogen) atoms. The fourth-order valence-corrected chi connectivity index (χ4v) is 2.35. The minimum atomic E-state index is 0.0479. The molecule has 0 saturated heterocycles. The maximum Gasteiger partial charge on any atom is 0.193 e. The van der Waals surface area contributed by atoms with E-state index >= 15 is 0 Å². The van der Waals surface area contributed by atoms with E-state index in [0.29, 0.717) is 11.1 Å². The molecule has 0 aliphatic heterocycles. The lowest BCUT2D eigenvalue weighted by atomic mass is 10.0. The Kier molecular flexibility index (Phi) is 6.69. The molecule has 0 unspecified atom stereocenters. The fraction of sp³-hybridized carbons (Fsp3) is 0.350. The summed E-state index contributed by atoms with van der Waals surface area (Å²) < 4.78 is 5.72. The summed E-state index contributed by atoms with van der Waals surface area (Å²) in [7, 11) is 0.